The van der Waals surface area contributed by atoms with Crippen LogP contribution in [0.3, 0.4) is 0 Å². The Morgan fingerprint density at radius 2 is 1.58 bits per heavy atom. The largest absolute Gasteiger partial charge is 0.370 e. The Hall–Kier alpha value is -5.83. The zero-order valence-electron chi connectivity index (χ0n) is 31.3. The summed E-state index contributed by atoms with van der Waals surface area (Å²) in [6.45, 7) is 1.48. The summed E-state index contributed by atoms with van der Waals surface area (Å²) in [5.41, 5.74) is 8.03. The molecule has 2 aliphatic heterocycles. The van der Waals surface area contributed by atoms with Crippen LogP contribution in [-0.4, -0.2) is 97.3 Å². The molecule has 17 heteroatoms. The number of H-pyrrole nitrogens is 1. The number of hydrogen-bond acceptors (Lipinski definition) is 7. The van der Waals surface area contributed by atoms with Gasteiger partial charge in [0.25, 0.3) is 5.91 Å². The van der Waals surface area contributed by atoms with Gasteiger partial charge in [-0.2, -0.15) is 0 Å². The molecule has 0 spiro atoms. The molecule has 6 amide bonds. The number of aromatic amines is 1. The number of nitrogens with zero attached hydrogens (tertiary/aromatic N) is 2. The topological polar surface area (TPSA) is 244 Å². The van der Waals surface area contributed by atoms with Crippen molar-refractivity contribution in [3.05, 3.63) is 107 Å². The van der Waals surface area contributed by atoms with Crippen molar-refractivity contribution in [2.75, 3.05) is 13.1 Å². The molecular weight excluding hydrogens is 753 g/mol. The zero-order valence-corrected chi connectivity index (χ0v) is 32.2. The van der Waals surface area contributed by atoms with E-state index in [9.17, 15) is 43.1 Å². The van der Waals surface area contributed by atoms with Crippen molar-refractivity contribution in [3.63, 3.8) is 0 Å². The maximum atomic E-state index is 14.4. The lowest BCUT2D eigenvalue weighted by molar-refractivity contribution is -0.145. The molecule has 0 aliphatic carbocycles. The summed E-state index contributed by atoms with van der Waals surface area (Å²) in [5, 5.41) is 9.08. The van der Waals surface area contributed by atoms with Crippen LogP contribution in [0.5, 0.6) is 0 Å². The molecule has 2 saturated heterocycles. The lowest BCUT2D eigenvalue weighted by Crippen LogP contribution is -2.62. The van der Waals surface area contributed by atoms with Gasteiger partial charge < -0.3 is 46.3 Å². The quantitative estimate of drug-likeness (QED) is 0.0980. The Morgan fingerprint density at radius 3 is 2.19 bits per heavy atom. The van der Waals surface area contributed by atoms with E-state index in [1.165, 1.54) is 28.9 Å². The first-order chi connectivity index (χ1) is 27.2. The molecule has 2 fully saturated rings. The van der Waals surface area contributed by atoms with Gasteiger partial charge in [0.1, 0.15) is 23.8 Å². The van der Waals surface area contributed by atoms with Gasteiger partial charge in [0.15, 0.2) is 0 Å². The molecule has 3 aromatic carbocycles. The summed E-state index contributed by atoms with van der Waals surface area (Å²) in [6, 6.07) is 20.3. The van der Waals surface area contributed by atoms with Gasteiger partial charge in [0.2, 0.25) is 29.5 Å². The Morgan fingerprint density at radius 1 is 0.912 bits per heavy atom. The van der Waals surface area contributed by atoms with E-state index in [1.54, 1.807) is 12.1 Å². The highest BCUT2D eigenvalue weighted by Crippen LogP contribution is 2.39. The summed E-state index contributed by atoms with van der Waals surface area (Å²) in [6.07, 6.45) is 0.307. The standard InChI is InChI=1S/C40H46N7O9P/c1-24(48)46-19-18-29-13-16-34(47(29)40(53)33(22-46)44-38(51)32-21-28-20-25(23-57(54,55)56)12-14-30(28)42-32)39(52)43-31(15-17-35(41)49)37(50)45-36(26-8-4-2-5-9-26)27-10-6-3-7-11-27/h2-12,14,20-21,29,31,33-34,36,42H,13,15-19,22-23H2,1H3,(H2,41,49)(H,43,52)(H,44,51)(H,45,50)(H2,54,55,56)/t29-,31+,33+,34+/m1/s1. The Kier molecular flexibility index (Phi) is 12.6. The van der Waals surface area contributed by atoms with Gasteiger partial charge >= 0.3 is 7.60 Å². The number of primary amides is 1. The zero-order chi connectivity index (χ0) is 40.9. The van der Waals surface area contributed by atoms with Gasteiger partial charge in [0, 0.05) is 43.4 Å². The predicted molar refractivity (Wildman–Crippen MR) is 209 cm³/mol. The van der Waals surface area contributed by atoms with Crippen molar-refractivity contribution in [3.8, 4) is 0 Å². The molecule has 57 heavy (non-hydrogen) atoms. The van der Waals surface area contributed by atoms with Gasteiger partial charge in [-0.3, -0.25) is 33.3 Å². The highest BCUT2D eigenvalue weighted by atomic mass is 31.2. The van der Waals surface area contributed by atoms with E-state index >= 15 is 0 Å². The van der Waals surface area contributed by atoms with Crippen LogP contribution in [0.25, 0.3) is 10.9 Å². The monoisotopic (exact) mass is 799 g/mol. The van der Waals surface area contributed by atoms with E-state index in [-0.39, 0.29) is 44.0 Å². The van der Waals surface area contributed by atoms with E-state index in [0.717, 1.165) is 11.1 Å². The van der Waals surface area contributed by atoms with Crippen LogP contribution in [-0.2, 0) is 34.7 Å². The van der Waals surface area contributed by atoms with Crippen LogP contribution in [0.2, 0.25) is 0 Å². The summed E-state index contributed by atoms with van der Waals surface area (Å²) in [4.78, 5) is 105. The first-order valence-corrected chi connectivity index (χ1v) is 20.5. The maximum absolute atomic E-state index is 14.4. The number of nitrogens with two attached hydrogens (primary N) is 1. The van der Waals surface area contributed by atoms with Crippen molar-refractivity contribution < 1.29 is 43.1 Å². The first-order valence-electron chi connectivity index (χ1n) is 18.7. The van der Waals surface area contributed by atoms with Crippen LogP contribution < -0.4 is 21.7 Å². The lowest BCUT2D eigenvalue weighted by atomic mass is 9.98. The molecule has 0 saturated carbocycles. The normalized spacial score (nSPS) is 19.0. The molecule has 300 valence electrons. The van der Waals surface area contributed by atoms with Crippen LogP contribution in [0, 0.1) is 0 Å². The molecule has 4 atom stereocenters. The molecular formula is C40H46N7O9P. The number of fused-ring (bicyclic) bond motifs is 2. The molecule has 16 nitrogen and oxygen atoms in total. The fourth-order valence-electron chi connectivity index (χ4n) is 7.62. The number of aromatic nitrogens is 1. The second-order valence-corrected chi connectivity index (χ2v) is 16.2. The smallest absolute Gasteiger partial charge is 0.329 e. The Bertz CT molecular complexity index is 2150. The van der Waals surface area contributed by atoms with E-state index < -0.39 is 73.5 Å². The molecule has 0 bridgehead atoms. The molecule has 6 rings (SSSR count). The van der Waals surface area contributed by atoms with Crippen molar-refractivity contribution in [1.29, 1.82) is 0 Å². The van der Waals surface area contributed by atoms with Crippen molar-refractivity contribution in [2.45, 2.75) is 75.4 Å². The molecule has 4 aromatic rings. The number of amides is 6. The minimum Gasteiger partial charge on any atom is -0.370 e. The Balaban J connectivity index is 1.22. The van der Waals surface area contributed by atoms with Gasteiger partial charge in [-0.15, -0.1) is 0 Å². The number of rotatable bonds is 13. The van der Waals surface area contributed by atoms with E-state index in [1.807, 2.05) is 60.7 Å². The van der Waals surface area contributed by atoms with Crippen LogP contribution in [0.4, 0.5) is 0 Å². The second-order valence-electron chi connectivity index (χ2n) is 14.5. The minimum atomic E-state index is -4.33. The molecule has 3 heterocycles. The third-order valence-corrected chi connectivity index (χ3v) is 11.2. The molecule has 2 aliphatic rings. The summed E-state index contributed by atoms with van der Waals surface area (Å²) in [7, 11) is -4.33. The second kappa shape index (κ2) is 17.5. The van der Waals surface area contributed by atoms with Gasteiger partial charge in [0.05, 0.1) is 12.2 Å². The number of nitrogens with one attached hydrogen (secondary N) is 4. The average molecular weight is 800 g/mol. The molecule has 0 radical (unpaired) electrons. The van der Waals surface area contributed by atoms with Gasteiger partial charge in [-0.05, 0) is 60.6 Å². The van der Waals surface area contributed by atoms with Crippen LogP contribution >= 0.6 is 7.60 Å². The van der Waals surface area contributed by atoms with Crippen molar-refractivity contribution >= 4 is 53.9 Å². The molecule has 8 N–H and O–H groups in total. The number of carbonyl (C=O) groups excluding carboxylic acids is 6. The summed E-state index contributed by atoms with van der Waals surface area (Å²) >= 11 is 0. The minimum absolute atomic E-state index is 0.0717. The van der Waals surface area contributed by atoms with Crippen molar-refractivity contribution in [2.24, 2.45) is 5.73 Å². The van der Waals surface area contributed by atoms with Crippen LogP contribution in [0.1, 0.15) is 72.2 Å². The van der Waals surface area contributed by atoms with Crippen molar-refractivity contribution in [1.82, 2.24) is 30.7 Å². The highest BCUT2D eigenvalue weighted by Gasteiger charge is 2.46. The number of hydrogen-bond donors (Lipinski definition) is 7. The van der Waals surface area contributed by atoms with Gasteiger partial charge in [-0.1, -0.05) is 66.7 Å². The van der Waals surface area contributed by atoms with Gasteiger partial charge in [-0.25, -0.2) is 0 Å². The lowest BCUT2D eigenvalue weighted by Gasteiger charge is -2.38. The third-order valence-electron chi connectivity index (χ3n) is 10.4. The summed E-state index contributed by atoms with van der Waals surface area (Å²) < 4.78 is 11.5. The van der Waals surface area contributed by atoms with Crippen LogP contribution in [0.15, 0.2) is 84.9 Å². The van der Waals surface area contributed by atoms with E-state index in [2.05, 4.69) is 20.9 Å². The molecule has 1 aromatic heterocycles. The third kappa shape index (κ3) is 10.1. The fourth-order valence-corrected chi connectivity index (χ4v) is 8.29. The number of carbonyl (C=O) groups is 6. The SMILES string of the molecule is CC(=O)N1CC[C@H]2CC[C@@H](C(=O)N[C@@H](CCC(N)=O)C(=O)NC(c3ccccc3)c3ccccc3)N2C(=O)[C@@H](NC(=O)c2cc3cc(CP(=O)(O)O)ccc3[nH]2)C1. The van der Waals surface area contributed by atoms with E-state index in [0.29, 0.717) is 29.3 Å². The summed E-state index contributed by atoms with van der Waals surface area (Å²) in [5.74, 6) is -3.36. The highest BCUT2D eigenvalue weighted by molar-refractivity contribution is 7.50. The van der Waals surface area contributed by atoms with E-state index in [4.69, 9.17) is 5.73 Å². The first kappa shape index (κ1) is 40.8. The maximum Gasteiger partial charge on any atom is 0.329 e. The number of benzene rings is 3. The Labute approximate surface area is 328 Å². The average Bonchev–Trinajstić information content (AvgIpc) is 3.80. The predicted octanol–water partition coefficient (Wildman–Crippen LogP) is 2.21. The fraction of sp³-hybridized carbons (Fsp3) is 0.350. The molecule has 0 unspecified atom stereocenters.